The standard InChI is InChI=1S/C6H6N2O4/c1-11-8-3-5-7-2-4(12-5)6(9)10/h2-3H,1H3,(H,9,10)/b8-3+. The summed E-state index contributed by atoms with van der Waals surface area (Å²) in [5.41, 5.74) is 0. The first-order chi connectivity index (χ1) is 5.74. The molecule has 1 N–H and O–H groups in total. The number of aromatic nitrogens is 1. The summed E-state index contributed by atoms with van der Waals surface area (Å²) in [5, 5.41) is 11.8. The zero-order valence-corrected chi connectivity index (χ0v) is 6.22. The normalized spacial score (nSPS) is 10.4. The highest BCUT2D eigenvalue weighted by atomic mass is 16.6. The zero-order chi connectivity index (χ0) is 8.97. The Hall–Kier alpha value is -1.85. The lowest BCUT2D eigenvalue weighted by Crippen LogP contribution is -1.91. The molecule has 1 heterocycles. The second-order valence-corrected chi connectivity index (χ2v) is 1.78. The molecular formula is C6H6N2O4. The largest absolute Gasteiger partial charge is 0.475 e. The topological polar surface area (TPSA) is 84.9 Å². The predicted molar refractivity (Wildman–Crippen MR) is 38.1 cm³/mol. The summed E-state index contributed by atoms with van der Waals surface area (Å²) in [6.07, 6.45) is 2.27. The van der Waals surface area contributed by atoms with E-state index in [0.717, 1.165) is 6.20 Å². The number of hydrogen-bond acceptors (Lipinski definition) is 5. The van der Waals surface area contributed by atoms with Crippen LogP contribution in [0.1, 0.15) is 16.4 Å². The lowest BCUT2D eigenvalue weighted by molar-refractivity contribution is 0.0662. The molecule has 1 rings (SSSR count). The molecular weight excluding hydrogens is 164 g/mol. The molecule has 0 aliphatic carbocycles. The number of rotatable bonds is 3. The Kier molecular flexibility index (Phi) is 2.42. The van der Waals surface area contributed by atoms with Crippen LogP contribution in [0.25, 0.3) is 0 Å². The van der Waals surface area contributed by atoms with Crippen LogP contribution < -0.4 is 0 Å². The molecule has 0 bridgehead atoms. The fourth-order valence-electron chi connectivity index (χ4n) is 0.544. The molecule has 0 aliphatic heterocycles. The van der Waals surface area contributed by atoms with Gasteiger partial charge in [-0.3, -0.25) is 0 Å². The van der Waals surface area contributed by atoms with Crippen molar-refractivity contribution in [2.45, 2.75) is 0 Å². The summed E-state index contributed by atoms with van der Waals surface area (Å²) >= 11 is 0. The zero-order valence-electron chi connectivity index (χ0n) is 6.22. The summed E-state index contributed by atoms with van der Waals surface area (Å²) in [4.78, 5) is 18.2. The SMILES string of the molecule is CO/N=C/c1ncc(C(=O)O)o1. The molecule has 0 amide bonds. The molecule has 0 aromatic carbocycles. The van der Waals surface area contributed by atoms with Crippen molar-refractivity contribution in [2.24, 2.45) is 5.16 Å². The average molecular weight is 170 g/mol. The highest BCUT2D eigenvalue weighted by molar-refractivity contribution is 5.85. The third kappa shape index (κ3) is 1.82. The minimum atomic E-state index is -1.17. The van der Waals surface area contributed by atoms with E-state index in [9.17, 15) is 4.79 Å². The van der Waals surface area contributed by atoms with Gasteiger partial charge in [0, 0.05) is 0 Å². The van der Waals surface area contributed by atoms with Gasteiger partial charge in [0.25, 0.3) is 0 Å². The third-order valence-corrected chi connectivity index (χ3v) is 1.00. The Bertz CT molecular complexity index is 304. The minimum Gasteiger partial charge on any atom is -0.475 e. The van der Waals surface area contributed by atoms with Crippen molar-refractivity contribution < 1.29 is 19.2 Å². The molecule has 64 valence electrons. The van der Waals surface area contributed by atoms with Gasteiger partial charge in [-0.05, 0) is 0 Å². The maximum Gasteiger partial charge on any atom is 0.373 e. The molecule has 0 saturated heterocycles. The van der Waals surface area contributed by atoms with Crippen molar-refractivity contribution >= 4 is 12.2 Å². The van der Waals surface area contributed by atoms with Gasteiger partial charge in [-0.2, -0.15) is 0 Å². The number of hydrogen-bond donors (Lipinski definition) is 1. The van der Waals surface area contributed by atoms with Gasteiger partial charge in [0.2, 0.25) is 11.7 Å². The first kappa shape index (κ1) is 8.25. The van der Waals surface area contributed by atoms with Crippen LogP contribution in [0.2, 0.25) is 0 Å². The summed E-state index contributed by atoms with van der Waals surface area (Å²) in [6, 6.07) is 0. The van der Waals surface area contributed by atoms with Gasteiger partial charge >= 0.3 is 5.97 Å². The van der Waals surface area contributed by atoms with Gasteiger partial charge in [0.1, 0.15) is 13.3 Å². The Morgan fingerprint density at radius 2 is 2.67 bits per heavy atom. The highest BCUT2D eigenvalue weighted by Gasteiger charge is 2.08. The molecule has 1 aromatic heterocycles. The quantitative estimate of drug-likeness (QED) is 0.522. The van der Waals surface area contributed by atoms with Gasteiger partial charge in [-0.15, -0.1) is 0 Å². The van der Waals surface area contributed by atoms with E-state index in [4.69, 9.17) is 9.52 Å². The number of carboxylic acids is 1. The van der Waals surface area contributed by atoms with Crippen molar-refractivity contribution in [1.29, 1.82) is 0 Å². The van der Waals surface area contributed by atoms with Crippen LogP contribution in [0.5, 0.6) is 0 Å². The molecule has 0 saturated carbocycles. The number of oxime groups is 1. The number of oxazole rings is 1. The summed E-state index contributed by atoms with van der Waals surface area (Å²) in [6.45, 7) is 0. The Morgan fingerprint density at radius 3 is 3.17 bits per heavy atom. The monoisotopic (exact) mass is 170 g/mol. The van der Waals surface area contributed by atoms with Gasteiger partial charge in [-0.25, -0.2) is 9.78 Å². The van der Waals surface area contributed by atoms with Crippen LogP contribution in [-0.4, -0.2) is 29.4 Å². The third-order valence-electron chi connectivity index (χ3n) is 1.00. The summed E-state index contributed by atoms with van der Waals surface area (Å²) in [5.74, 6) is -1.30. The molecule has 0 radical (unpaired) electrons. The van der Waals surface area contributed by atoms with Crippen molar-refractivity contribution in [3.8, 4) is 0 Å². The Morgan fingerprint density at radius 1 is 1.92 bits per heavy atom. The maximum absolute atomic E-state index is 10.3. The smallest absolute Gasteiger partial charge is 0.373 e. The van der Waals surface area contributed by atoms with E-state index in [1.54, 1.807) is 0 Å². The molecule has 6 nitrogen and oxygen atoms in total. The molecule has 0 aliphatic rings. The van der Waals surface area contributed by atoms with E-state index in [0.29, 0.717) is 0 Å². The van der Waals surface area contributed by atoms with E-state index in [-0.39, 0.29) is 11.7 Å². The van der Waals surface area contributed by atoms with Crippen LogP contribution in [-0.2, 0) is 4.84 Å². The van der Waals surface area contributed by atoms with Gasteiger partial charge in [0.05, 0.1) is 6.20 Å². The molecule has 0 atom stereocenters. The maximum atomic E-state index is 10.3. The van der Waals surface area contributed by atoms with Crippen molar-refractivity contribution in [1.82, 2.24) is 4.98 Å². The molecule has 12 heavy (non-hydrogen) atoms. The van der Waals surface area contributed by atoms with Crippen LogP contribution >= 0.6 is 0 Å². The number of carboxylic acid groups (broad SMARTS) is 1. The van der Waals surface area contributed by atoms with E-state index < -0.39 is 5.97 Å². The van der Waals surface area contributed by atoms with Crippen molar-refractivity contribution in [3.63, 3.8) is 0 Å². The average Bonchev–Trinajstić information content (AvgIpc) is 2.48. The van der Waals surface area contributed by atoms with Gasteiger partial charge in [-0.1, -0.05) is 5.16 Å². The van der Waals surface area contributed by atoms with Gasteiger partial charge < -0.3 is 14.4 Å². The van der Waals surface area contributed by atoms with E-state index in [1.807, 2.05) is 0 Å². The van der Waals surface area contributed by atoms with E-state index >= 15 is 0 Å². The number of aromatic carboxylic acids is 1. The lowest BCUT2D eigenvalue weighted by atomic mass is 10.5. The Balaban J connectivity index is 2.77. The number of carbonyl (C=O) groups is 1. The molecule has 6 heteroatoms. The Labute approximate surface area is 67.5 Å². The molecule has 0 spiro atoms. The minimum absolute atomic E-state index is 0.0919. The first-order valence-electron chi connectivity index (χ1n) is 2.99. The lowest BCUT2D eigenvalue weighted by Gasteiger charge is -1.83. The predicted octanol–water partition coefficient (Wildman–Crippen LogP) is 0.353. The van der Waals surface area contributed by atoms with Crippen molar-refractivity contribution in [2.75, 3.05) is 7.11 Å². The van der Waals surface area contributed by atoms with Crippen LogP contribution in [0.4, 0.5) is 0 Å². The molecule has 1 aromatic rings. The molecule has 0 unspecified atom stereocenters. The van der Waals surface area contributed by atoms with Crippen LogP contribution in [0, 0.1) is 0 Å². The van der Waals surface area contributed by atoms with Crippen LogP contribution in [0.3, 0.4) is 0 Å². The van der Waals surface area contributed by atoms with Crippen LogP contribution in [0.15, 0.2) is 15.8 Å². The van der Waals surface area contributed by atoms with E-state index in [2.05, 4.69) is 15.0 Å². The summed E-state index contributed by atoms with van der Waals surface area (Å²) < 4.78 is 4.71. The summed E-state index contributed by atoms with van der Waals surface area (Å²) in [7, 11) is 1.36. The highest BCUT2D eigenvalue weighted by Crippen LogP contribution is 2.00. The second-order valence-electron chi connectivity index (χ2n) is 1.78. The second kappa shape index (κ2) is 3.51. The molecule has 0 fully saturated rings. The number of nitrogens with zero attached hydrogens (tertiary/aromatic N) is 2. The van der Waals surface area contributed by atoms with Gasteiger partial charge in [0.15, 0.2) is 0 Å². The fourth-order valence-corrected chi connectivity index (χ4v) is 0.544. The van der Waals surface area contributed by atoms with Crippen molar-refractivity contribution in [3.05, 3.63) is 17.8 Å². The first-order valence-corrected chi connectivity index (χ1v) is 2.99. The van der Waals surface area contributed by atoms with E-state index in [1.165, 1.54) is 13.3 Å². The fraction of sp³-hybridized carbons (Fsp3) is 0.167.